The van der Waals surface area contributed by atoms with Crippen molar-refractivity contribution in [2.45, 2.75) is 70.2 Å². The number of aryl methyl sites for hydroxylation is 1. The summed E-state index contributed by atoms with van der Waals surface area (Å²) in [5.41, 5.74) is 2.50. The summed E-state index contributed by atoms with van der Waals surface area (Å²) in [6.07, 6.45) is 7.53. The van der Waals surface area contributed by atoms with Crippen LogP contribution in [0.25, 0.3) is 0 Å². The van der Waals surface area contributed by atoms with E-state index in [1.165, 1.54) is 17.5 Å². The summed E-state index contributed by atoms with van der Waals surface area (Å²) >= 11 is 0. The normalized spacial score (nSPS) is 28.6. The minimum absolute atomic E-state index is 0.0136. The second-order valence-corrected chi connectivity index (χ2v) is 9.79. The molecule has 0 radical (unpaired) electrons. The summed E-state index contributed by atoms with van der Waals surface area (Å²) in [5, 5.41) is 21.2. The quantitative estimate of drug-likeness (QED) is 0.340. The lowest BCUT2D eigenvalue weighted by Gasteiger charge is -2.26. The first-order valence-electron chi connectivity index (χ1n) is 12.6. The largest absolute Gasteiger partial charge is 0.489 e. The zero-order valence-corrected chi connectivity index (χ0v) is 20.1. The Balaban J connectivity index is 1.38. The second kappa shape index (κ2) is 11.5. The van der Waals surface area contributed by atoms with Gasteiger partial charge in [0.25, 0.3) is 0 Å². The predicted octanol–water partition coefficient (Wildman–Crippen LogP) is 3.53. The number of hydrogen-bond acceptors (Lipinski definition) is 5. The number of benzene rings is 1. The van der Waals surface area contributed by atoms with Gasteiger partial charge < -0.3 is 19.7 Å². The Morgan fingerprint density at radius 2 is 2.06 bits per heavy atom. The van der Waals surface area contributed by atoms with Crippen LogP contribution in [0.4, 0.5) is 0 Å². The third-order valence-electron chi connectivity index (χ3n) is 7.48. The number of morpholine rings is 1. The first-order chi connectivity index (χ1) is 16.1. The number of aliphatic hydroxyl groups is 2. The Morgan fingerprint density at radius 1 is 1.24 bits per heavy atom. The maximum absolute atomic E-state index is 10.7. The Hall–Kier alpha value is -1.84. The lowest BCUT2D eigenvalue weighted by molar-refractivity contribution is 0.0372. The molecule has 0 spiro atoms. The van der Waals surface area contributed by atoms with Gasteiger partial charge >= 0.3 is 0 Å². The number of ether oxygens (including phenoxy) is 2. The van der Waals surface area contributed by atoms with Crippen molar-refractivity contribution in [2.24, 2.45) is 11.8 Å². The molecule has 5 heteroatoms. The molecule has 180 valence electrons. The highest BCUT2D eigenvalue weighted by Gasteiger charge is 2.48. The molecule has 2 heterocycles. The number of para-hydroxylation sites is 1. The number of aliphatic hydroxyl groups excluding tert-OH is 2. The molecule has 6 atom stereocenters. The van der Waals surface area contributed by atoms with Gasteiger partial charge in [-0.25, -0.2) is 0 Å². The van der Waals surface area contributed by atoms with Crippen LogP contribution in [-0.4, -0.2) is 66.3 Å². The summed E-state index contributed by atoms with van der Waals surface area (Å²) in [6.45, 7) is 8.76. The van der Waals surface area contributed by atoms with Gasteiger partial charge in [0, 0.05) is 43.3 Å². The van der Waals surface area contributed by atoms with Gasteiger partial charge in [-0.05, 0) is 44.2 Å². The summed E-state index contributed by atoms with van der Waals surface area (Å²) in [6, 6.07) is 6.48. The summed E-state index contributed by atoms with van der Waals surface area (Å²) in [7, 11) is 0. The first kappa shape index (κ1) is 24.3. The zero-order valence-electron chi connectivity index (χ0n) is 20.1. The van der Waals surface area contributed by atoms with Gasteiger partial charge in [-0.3, -0.25) is 4.90 Å². The fourth-order valence-corrected chi connectivity index (χ4v) is 5.46. The molecule has 2 N–H and O–H groups in total. The number of rotatable bonds is 9. The number of hydrogen-bond donors (Lipinski definition) is 2. The second-order valence-electron chi connectivity index (χ2n) is 9.79. The fraction of sp³-hybridized carbons (Fsp3) is 0.643. The van der Waals surface area contributed by atoms with Crippen LogP contribution in [0.2, 0.25) is 0 Å². The van der Waals surface area contributed by atoms with E-state index in [0.717, 1.165) is 51.4 Å². The molecule has 1 saturated carbocycles. The molecule has 5 nitrogen and oxygen atoms in total. The minimum atomic E-state index is -0.559. The van der Waals surface area contributed by atoms with Gasteiger partial charge in [0.05, 0.1) is 25.4 Å². The van der Waals surface area contributed by atoms with Crippen LogP contribution >= 0.6 is 0 Å². The van der Waals surface area contributed by atoms with Gasteiger partial charge in [0.2, 0.25) is 0 Å². The average Bonchev–Trinajstić information content (AvgIpc) is 3.34. The highest BCUT2D eigenvalue weighted by atomic mass is 16.5. The lowest BCUT2D eigenvalue weighted by atomic mass is 9.86. The first-order valence-corrected chi connectivity index (χ1v) is 12.6. The van der Waals surface area contributed by atoms with Crippen LogP contribution in [0.5, 0.6) is 5.75 Å². The maximum atomic E-state index is 10.7. The summed E-state index contributed by atoms with van der Waals surface area (Å²) < 4.78 is 11.9. The molecular weight excluding hydrogens is 414 g/mol. The Labute approximate surface area is 198 Å². The van der Waals surface area contributed by atoms with Crippen molar-refractivity contribution in [2.75, 3.05) is 32.8 Å². The summed E-state index contributed by atoms with van der Waals surface area (Å²) in [5.74, 6) is 7.15. The molecule has 1 aromatic rings. The molecule has 33 heavy (non-hydrogen) atoms. The van der Waals surface area contributed by atoms with Crippen LogP contribution in [0.1, 0.15) is 56.6 Å². The van der Waals surface area contributed by atoms with Gasteiger partial charge in [0.15, 0.2) is 0 Å². The molecule has 1 aromatic carbocycles. The molecule has 0 bridgehead atoms. The van der Waals surface area contributed by atoms with Crippen LogP contribution in [0.15, 0.2) is 30.4 Å². The average molecular weight is 454 g/mol. The van der Waals surface area contributed by atoms with E-state index in [1.807, 2.05) is 26.0 Å². The van der Waals surface area contributed by atoms with Crippen LogP contribution in [-0.2, 0) is 11.2 Å². The van der Waals surface area contributed by atoms with E-state index in [0.29, 0.717) is 12.8 Å². The van der Waals surface area contributed by atoms with Crippen LogP contribution in [0.3, 0.4) is 0 Å². The number of fused-ring (bicyclic) bond motifs is 3. The van der Waals surface area contributed by atoms with Crippen molar-refractivity contribution in [3.05, 3.63) is 41.5 Å². The van der Waals surface area contributed by atoms with Gasteiger partial charge in [-0.2, -0.15) is 0 Å². The molecule has 1 unspecified atom stereocenters. The van der Waals surface area contributed by atoms with Crippen LogP contribution in [0, 0.1) is 23.7 Å². The minimum Gasteiger partial charge on any atom is -0.489 e. The van der Waals surface area contributed by atoms with Gasteiger partial charge in [-0.1, -0.05) is 37.3 Å². The van der Waals surface area contributed by atoms with Crippen molar-refractivity contribution in [3.63, 3.8) is 0 Å². The topological polar surface area (TPSA) is 62.2 Å². The third kappa shape index (κ3) is 5.81. The predicted molar refractivity (Wildman–Crippen MR) is 130 cm³/mol. The van der Waals surface area contributed by atoms with Crippen molar-refractivity contribution in [3.8, 4) is 17.6 Å². The summed E-state index contributed by atoms with van der Waals surface area (Å²) in [4.78, 5) is 2.49. The molecular formula is C28H39NO4. The van der Waals surface area contributed by atoms with E-state index in [2.05, 4.69) is 34.9 Å². The molecule has 2 fully saturated rings. The van der Waals surface area contributed by atoms with E-state index in [-0.39, 0.29) is 23.9 Å². The van der Waals surface area contributed by atoms with Crippen molar-refractivity contribution >= 4 is 0 Å². The maximum Gasteiger partial charge on any atom is 0.126 e. The van der Waals surface area contributed by atoms with Crippen molar-refractivity contribution in [1.82, 2.24) is 4.90 Å². The molecule has 1 aliphatic carbocycles. The van der Waals surface area contributed by atoms with E-state index in [9.17, 15) is 10.2 Å². The SMILES string of the molecule is CC#CCC(C)[C@@H](O)/C=C/[C@@H]1[C@H]2c3cccc(CCCCN4CCOCC4)c3O[C@H]2C[C@H]1O. The van der Waals surface area contributed by atoms with Gasteiger partial charge in [-0.15, -0.1) is 11.8 Å². The lowest BCUT2D eigenvalue weighted by Crippen LogP contribution is -2.36. The van der Waals surface area contributed by atoms with E-state index in [4.69, 9.17) is 9.47 Å². The Kier molecular flexibility index (Phi) is 8.49. The highest BCUT2D eigenvalue weighted by molar-refractivity contribution is 5.49. The number of unbranched alkanes of at least 4 members (excludes halogenated alkanes) is 1. The third-order valence-corrected chi connectivity index (χ3v) is 7.48. The smallest absolute Gasteiger partial charge is 0.126 e. The van der Waals surface area contributed by atoms with E-state index < -0.39 is 12.2 Å². The standard InChI is InChI=1S/C28H39NO4/c1-3-4-8-20(2)24(30)13-12-22-25(31)19-26-27(22)23-11-7-10-21(28(23)33-26)9-5-6-14-29-15-17-32-18-16-29/h7,10-13,20,22,24-27,30-31H,5-6,8-9,14-19H2,1-2H3/b13-12+/t20?,22-,24-,25+,26-,27-/m0/s1. The van der Waals surface area contributed by atoms with Gasteiger partial charge in [0.1, 0.15) is 11.9 Å². The fourth-order valence-electron chi connectivity index (χ4n) is 5.46. The van der Waals surface area contributed by atoms with Crippen molar-refractivity contribution in [1.29, 1.82) is 0 Å². The van der Waals surface area contributed by atoms with Crippen molar-refractivity contribution < 1.29 is 19.7 Å². The molecule has 0 amide bonds. The molecule has 4 rings (SSSR count). The highest BCUT2D eigenvalue weighted by Crippen LogP contribution is 2.52. The molecule has 3 aliphatic rings. The molecule has 0 aromatic heterocycles. The van der Waals surface area contributed by atoms with Crippen LogP contribution < -0.4 is 4.74 Å². The Bertz CT molecular complexity index is 866. The Morgan fingerprint density at radius 3 is 2.85 bits per heavy atom. The molecule has 1 saturated heterocycles. The zero-order chi connectivity index (χ0) is 23.2. The van der Waals surface area contributed by atoms with E-state index >= 15 is 0 Å². The van der Waals surface area contributed by atoms with E-state index in [1.54, 1.807) is 0 Å². The number of nitrogens with zero attached hydrogens (tertiary/aromatic N) is 1. The monoisotopic (exact) mass is 453 g/mol. The molecule has 2 aliphatic heterocycles.